The second-order valence-corrected chi connectivity index (χ2v) is 5.21. The Bertz CT molecular complexity index is 700. The molecule has 2 nitrogen and oxygen atoms in total. The fraction of sp³-hybridized carbons (Fsp3) is 0.176. The molecule has 0 aliphatic rings. The van der Waals surface area contributed by atoms with Crippen LogP contribution in [0.15, 0.2) is 42.5 Å². The molecule has 0 saturated carbocycles. The summed E-state index contributed by atoms with van der Waals surface area (Å²) in [6.07, 6.45) is 0. The van der Waals surface area contributed by atoms with E-state index in [4.69, 9.17) is 11.6 Å². The first-order valence-electron chi connectivity index (χ1n) is 6.29. The van der Waals surface area contributed by atoms with E-state index in [9.17, 15) is 10.1 Å². The highest BCUT2D eigenvalue weighted by Gasteiger charge is 2.22. The Balaban J connectivity index is 2.39. The second-order valence-electron chi connectivity index (χ2n) is 4.80. The Hall–Kier alpha value is -2.11. The van der Waals surface area contributed by atoms with Gasteiger partial charge in [0, 0.05) is 10.6 Å². The molecule has 0 amide bonds. The van der Waals surface area contributed by atoms with Crippen LogP contribution in [-0.4, -0.2) is 5.78 Å². The molecule has 20 heavy (non-hydrogen) atoms. The average molecular weight is 284 g/mol. The fourth-order valence-corrected chi connectivity index (χ4v) is 2.23. The number of halogens is 1. The third kappa shape index (κ3) is 2.89. The van der Waals surface area contributed by atoms with Gasteiger partial charge in [0.25, 0.3) is 0 Å². The predicted octanol–water partition coefficient (Wildman–Crippen LogP) is 4.45. The smallest absolute Gasteiger partial charge is 0.184 e. The van der Waals surface area contributed by atoms with Gasteiger partial charge >= 0.3 is 0 Å². The van der Waals surface area contributed by atoms with Crippen molar-refractivity contribution in [1.29, 1.82) is 5.26 Å². The number of carbonyl (C=O) groups excluding carboxylic acids is 1. The molecule has 0 saturated heterocycles. The van der Waals surface area contributed by atoms with Gasteiger partial charge in [-0.2, -0.15) is 5.26 Å². The van der Waals surface area contributed by atoms with E-state index in [0.29, 0.717) is 16.1 Å². The molecule has 0 heterocycles. The monoisotopic (exact) mass is 283 g/mol. The van der Waals surface area contributed by atoms with Crippen molar-refractivity contribution in [2.24, 2.45) is 0 Å². The lowest BCUT2D eigenvalue weighted by Crippen LogP contribution is -2.11. The van der Waals surface area contributed by atoms with Crippen LogP contribution in [0, 0.1) is 25.2 Å². The minimum absolute atomic E-state index is 0.222. The maximum Gasteiger partial charge on any atom is 0.184 e. The molecule has 0 radical (unpaired) electrons. The minimum Gasteiger partial charge on any atom is -0.292 e. The van der Waals surface area contributed by atoms with Crippen molar-refractivity contribution in [2.75, 3.05) is 0 Å². The van der Waals surface area contributed by atoms with Gasteiger partial charge in [-0.3, -0.25) is 4.79 Å². The third-order valence-electron chi connectivity index (χ3n) is 3.22. The Labute approximate surface area is 123 Å². The zero-order valence-corrected chi connectivity index (χ0v) is 12.1. The lowest BCUT2D eigenvalue weighted by molar-refractivity contribution is 0.0979. The number of aryl methyl sites for hydroxylation is 2. The number of carbonyl (C=O) groups is 1. The number of Topliss-reactive ketones (excluding diaryl/α,β-unsaturated/α-hetero) is 1. The number of nitriles is 1. The van der Waals surface area contributed by atoms with Crippen molar-refractivity contribution in [3.05, 3.63) is 69.7 Å². The van der Waals surface area contributed by atoms with Crippen molar-refractivity contribution in [3.63, 3.8) is 0 Å². The molecule has 100 valence electrons. The van der Waals surface area contributed by atoms with Crippen molar-refractivity contribution < 1.29 is 4.79 Å². The third-order valence-corrected chi connectivity index (χ3v) is 3.63. The van der Waals surface area contributed by atoms with Gasteiger partial charge in [-0.05, 0) is 31.0 Å². The van der Waals surface area contributed by atoms with Gasteiger partial charge in [0.1, 0.15) is 5.92 Å². The average Bonchev–Trinajstić information content (AvgIpc) is 2.42. The summed E-state index contributed by atoms with van der Waals surface area (Å²) < 4.78 is 0. The van der Waals surface area contributed by atoms with Crippen molar-refractivity contribution in [2.45, 2.75) is 19.8 Å². The Morgan fingerprint density at radius 3 is 2.55 bits per heavy atom. The molecule has 2 aromatic carbocycles. The molecular weight excluding hydrogens is 270 g/mol. The summed E-state index contributed by atoms with van der Waals surface area (Å²) in [6.45, 7) is 3.81. The first-order chi connectivity index (χ1) is 9.52. The maximum atomic E-state index is 12.5. The Morgan fingerprint density at radius 2 is 1.95 bits per heavy atom. The Kier molecular flexibility index (Phi) is 4.22. The van der Waals surface area contributed by atoms with Gasteiger partial charge in [0.05, 0.1) is 6.07 Å². The van der Waals surface area contributed by atoms with Crippen LogP contribution in [0.4, 0.5) is 0 Å². The van der Waals surface area contributed by atoms with Crippen LogP contribution in [0.25, 0.3) is 0 Å². The topological polar surface area (TPSA) is 40.9 Å². The molecule has 0 aliphatic heterocycles. The van der Waals surface area contributed by atoms with Crippen molar-refractivity contribution >= 4 is 17.4 Å². The minimum atomic E-state index is -0.798. The van der Waals surface area contributed by atoms with Gasteiger partial charge in [-0.1, -0.05) is 53.6 Å². The van der Waals surface area contributed by atoms with E-state index < -0.39 is 5.92 Å². The van der Waals surface area contributed by atoms with E-state index in [0.717, 1.165) is 11.1 Å². The summed E-state index contributed by atoms with van der Waals surface area (Å²) in [6, 6.07) is 14.7. The molecule has 1 unspecified atom stereocenters. The lowest BCUT2D eigenvalue weighted by Gasteiger charge is -2.10. The first-order valence-corrected chi connectivity index (χ1v) is 6.67. The standard InChI is InChI=1S/C17H14ClNO/c1-11-4-3-5-13(8-11)15(10-19)17(20)14-7-6-12(2)16(18)9-14/h3-9,15H,1-2H3. The molecule has 2 aromatic rings. The van der Waals surface area contributed by atoms with Crippen LogP contribution in [0.1, 0.15) is 33.0 Å². The van der Waals surface area contributed by atoms with Crippen LogP contribution in [0.5, 0.6) is 0 Å². The van der Waals surface area contributed by atoms with Crippen molar-refractivity contribution in [1.82, 2.24) is 0 Å². The highest BCUT2D eigenvalue weighted by atomic mass is 35.5. The molecule has 2 rings (SSSR count). The molecule has 3 heteroatoms. The molecular formula is C17H14ClNO. The van der Waals surface area contributed by atoms with E-state index >= 15 is 0 Å². The summed E-state index contributed by atoms with van der Waals surface area (Å²) in [5, 5.41) is 9.86. The van der Waals surface area contributed by atoms with Gasteiger partial charge in [-0.25, -0.2) is 0 Å². The summed E-state index contributed by atoms with van der Waals surface area (Å²) in [4.78, 5) is 12.5. The normalized spacial score (nSPS) is 11.7. The van der Waals surface area contributed by atoms with E-state index in [2.05, 4.69) is 6.07 Å². The highest BCUT2D eigenvalue weighted by Crippen LogP contribution is 2.24. The number of rotatable bonds is 3. The molecule has 0 N–H and O–H groups in total. The summed E-state index contributed by atoms with van der Waals surface area (Å²) in [5.74, 6) is -1.02. The number of hydrogen-bond acceptors (Lipinski definition) is 2. The maximum absolute atomic E-state index is 12.5. The van der Waals surface area contributed by atoms with E-state index in [-0.39, 0.29) is 5.78 Å². The summed E-state index contributed by atoms with van der Waals surface area (Å²) >= 11 is 6.04. The number of nitrogens with zero attached hydrogens (tertiary/aromatic N) is 1. The van der Waals surface area contributed by atoms with Crippen LogP contribution in [-0.2, 0) is 0 Å². The molecule has 0 spiro atoms. The lowest BCUT2D eigenvalue weighted by atomic mass is 9.91. The highest BCUT2D eigenvalue weighted by molar-refractivity contribution is 6.31. The number of hydrogen-bond donors (Lipinski definition) is 0. The van der Waals surface area contributed by atoms with Gasteiger partial charge in [0.2, 0.25) is 0 Å². The summed E-state index contributed by atoms with van der Waals surface area (Å²) in [7, 11) is 0. The van der Waals surface area contributed by atoms with Gasteiger partial charge < -0.3 is 0 Å². The van der Waals surface area contributed by atoms with Gasteiger partial charge in [-0.15, -0.1) is 0 Å². The predicted molar refractivity (Wildman–Crippen MR) is 80.1 cm³/mol. The SMILES string of the molecule is Cc1cccc(C(C#N)C(=O)c2ccc(C)c(Cl)c2)c1. The zero-order chi connectivity index (χ0) is 14.7. The fourth-order valence-electron chi connectivity index (χ4n) is 2.05. The Morgan fingerprint density at radius 1 is 1.20 bits per heavy atom. The van der Waals surface area contributed by atoms with Crippen molar-refractivity contribution in [3.8, 4) is 6.07 Å². The number of ketones is 1. The molecule has 0 fully saturated rings. The van der Waals surface area contributed by atoms with E-state index in [1.807, 2.05) is 32.0 Å². The van der Waals surface area contributed by atoms with Crippen LogP contribution in [0.3, 0.4) is 0 Å². The number of benzene rings is 2. The summed E-state index contributed by atoms with van der Waals surface area (Å²) in [5.41, 5.74) is 3.12. The van der Waals surface area contributed by atoms with Crippen LogP contribution in [0.2, 0.25) is 5.02 Å². The first kappa shape index (κ1) is 14.3. The molecule has 0 aliphatic carbocycles. The largest absolute Gasteiger partial charge is 0.292 e. The zero-order valence-electron chi connectivity index (χ0n) is 11.4. The second kappa shape index (κ2) is 5.90. The quantitative estimate of drug-likeness (QED) is 0.781. The van der Waals surface area contributed by atoms with Crippen LogP contribution < -0.4 is 0 Å². The van der Waals surface area contributed by atoms with Gasteiger partial charge in [0.15, 0.2) is 5.78 Å². The van der Waals surface area contributed by atoms with E-state index in [1.165, 1.54) is 0 Å². The molecule has 0 aromatic heterocycles. The molecule has 1 atom stereocenters. The van der Waals surface area contributed by atoms with Crippen LogP contribution >= 0.6 is 11.6 Å². The van der Waals surface area contributed by atoms with E-state index in [1.54, 1.807) is 24.3 Å². The molecule has 0 bridgehead atoms.